The van der Waals surface area contributed by atoms with E-state index >= 15 is 0 Å². The summed E-state index contributed by atoms with van der Waals surface area (Å²) in [6.07, 6.45) is 0. The Morgan fingerprint density at radius 3 is 2.40 bits per heavy atom. The summed E-state index contributed by atoms with van der Waals surface area (Å²) in [6.45, 7) is 6.98. The third kappa shape index (κ3) is 4.36. The monoisotopic (exact) mass is 364 g/mol. The molecule has 1 rings (SSSR count). The van der Waals surface area contributed by atoms with Crippen molar-refractivity contribution in [3.63, 3.8) is 0 Å². The maximum atomic E-state index is 12.1. The molecule has 5 nitrogen and oxygen atoms in total. The number of nitrogens with one attached hydrogen (secondary N) is 1. The molecule has 1 aromatic rings. The summed E-state index contributed by atoms with van der Waals surface area (Å²) in [6, 6.07) is 5.26. The van der Waals surface area contributed by atoms with E-state index in [9.17, 15) is 8.42 Å². The third-order valence-corrected chi connectivity index (χ3v) is 5.09. The summed E-state index contributed by atoms with van der Waals surface area (Å²) in [5.41, 5.74) is 1.45. The van der Waals surface area contributed by atoms with E-state index in [1.165, 1.54) is 4.31 Å². The number of benzene rings is 1. The molecule has 0 aliphatic carbocycles. The fraction of sp³-hybridized carbons (Fsp3) is 0.538. The largest absolute Gasteiger partial charge is 0.494 e. The lowest BCUT2D eigenvalue weighted by Gasteiger charge is -2.20. The third-order valence-electron chi connectivity index (χ3n) is 2.80. The number of anilines is 1. The lowest BCUT2D eigenvalue weighted by atomic mass is 10.2. The number of rotatable bonds is 8. The molecule has 0 saturated heterocycles. The van der Waals surface area contributed by atoms with Crippen molar-refractivity contribution in [2.45, 2.75) is 26.1 Å². The van der Waals surface area contributed by atoms with Crippen LogP contribution in [0.25, 0.3) is 0 Å². The molecule has 0 fully saturated rings. The van der Waals surface area contributed by atoms with E-state index in [0.29, 0.717) is 30.7 Å². The molecule has 0 aliphatic heterocycles. The van der Waals surface area contributed by atoms with Gasteiger partial charge in [-0.25, -0.2) is 0 Å². The quantitative estimate of drug-likeness (QED) is 0.721. The van der Waals surface area contributed by atoms with Crippen LogP contribution in [0.2, 0.25) is 0 Å². The van der Waals surface area contributed by atoms with E-state index in [0.717, 1.165) is 11.3 Å². The molecule has 0 unspecified atom stereocenters. The minimum Gasteiger partial charge on any atom is -0.494 e. The van der Waals surface area contributed by atoms with Crippen molar-refractivity contribution in [2.24, 2.45) is 0 Å². The molecule has 1 N–H and O–H groups in total. The van der Waals surface area contributed by atoms with E-state index in [1.54, 1.807) is 18.2 Å². The Bertz CT molecular complexity index is 530. The van der Waals surface area contributed by atoms with Crippen molar-refractivity contribution >= 4 is 31.8 Å². The molecule has 0 heterocycles. The number of halogens is 1. The fourth-order valence-electron chi connectivity index (χ4n) is 1.82. The van der Waals surface area contributed by atoms with Gasteiger partial charge in [0, 0.05) is 24.0 Å². The highest BCUT2D eigenvalue weighted by Crippen LogP contribution is 2.26. The molecule has 20 heavy (non-hydrogen) atoms. The van der Waals surface area contributed by atoms with E-state index in [4.69, 9.17) is 4.74 Å². The Kier molecular flexibility index (Phi) is 6.78. The normalized spacial score (nSPS) is 11.7. The molecule has 0 radical (unpaired) electrons. The smallest absolute Gasteiger partial charge is 0.301 e. The fourth-order valence-corrected chi connectivity index (χ4v) is 3.49. The summed E-state index contributed by atoms with van der Waals surface area (Å²) in [5.74, 6) is 0.759. The Hall–Kier alpha value is -0.790. The van der Waals surface area contributed by atoms with Gasteiger partial charge in [-0.15, -0.1) is 0 Å². The van der Waals surface area contributed by atoms with Gasteiger partial charge in [0.25, 0.3) is 0 Å². The average molecular weight is 365 g/mol. The summed E-state index contributed by atoms with van der Waals surface area (Å²) in [5, 5.41) is 0.600. The van der Waals surface area contributed by atoms with Gasteiger partial charge in [0.1, 0.15) is 5.75 Å². The van der Waals surface area contributed by atoms with Gasteiger partial charge < -0.3 is 4.74 Å². The average Bonchev–Trinajstić information content (AvgIpc) is 2.41. The molecule has 114 valence electrons. The van der Waals surface area contributed by atoms with Crippen molar-refractivity contribution in [3.05, 3.63) is 23.8 Å². The Labute approximate surface area is 129 Å². The van der Waals surface area contributed by atoms with Crippen molar-refractivity contribution < 1.29 is 13.2 Å². The highest BCUT2D eigenvalue weighted by Gasteiger charge is 2.18. The minimum absolute atomic E-state index is 0.439. The van der Waals surface area contributed by atoms with Crippen LogP contribution in [-0.4, -0.2) is 32.4 Å². The van der Waals surface area contributed by atoms with Crippen molar-refractivity contribution in [3.8, 4) is 5.75 Å². The Morgan fingerprint density at radius 2 is 1.90 bits per heavy atom. The molecular weight excluding hydrogens is 344 g/mol. The number of nitrogens with zero attached hydrogens (tertiary/aromatic N) is 1. The van der Waals surface area contributed by atoms with Crippen LogP contribution in [0, 0.1) is 0 Å². The molecule has 0 bridgehead atoms. The molecule has 0 atom stereocenters. The van der Waals surface area contributed by atoms with Gasteiger partial charge in [0.05, 0.1) is 12.3 Å². The van der Waals surface area contributed by atoms with Gasteiger partial charge >= 0.3 is 10.2 Å². The maximum absolute atomic E-state index is 12.1. The molecule has 0 aliphatic rings. The zero-order valence-electron chi connectivity index (χ0n) is 12.0. The molecular formula is C13H21BrN2O3S. The molecule has 0 spiro atoms. The molecule has 1 aromatic carbocycles. The van der Waals surface area contributed by atoms with Crippen LogP contribution in [0.1, 0.15) is 26.3 Å². The summed E-state index contributed by atoms with van der Waals surface area (Å²) in [4.78, 5) is 0. The second-order valence-corrected chi connectivity index (χ2v) is 6.31. The van der Waals surface area contributed by atoms with E-state index in [2.05, 4.69) is 20.7 Å². The first-order valence-corrected chi connectivity index (χ1v) is 9.14. The summed E-state index contributed by atoms with van der Waals surface area (Å²) >= 11 is 3.38. The second-order valence-electron chi connectivity index (χ2n) is 4.08. The maximum Gasteiger partial charge on any atom is 0.301 e. The second kappa shape index (κ2) is 7.85. The van der Waals surface area contributed by atoms with Crippen molar-refractivity contribution in [2.75, 3.05) is 24.4 Å². The first kappa shape index (κ1) is 17.3. The predicted molar refractivity (Wildman–Crippen MR) is 85.7 cm³/mol. The van der Waals surface area contributed by atoms with Gasteiger partial charge in [0.15, 0.2) is 0 Å². The van der Waals surface area contributed by atoms with Crippen LogP contribution >= 0.6 is 15.9 Å². The SMILES string of the molecule is CCOc1ccc(NS(=O)(=O)N(CC)CC)cc1CBr. The zero-order valence-corrected chi connectivity index (χ0v) is 14.4. The Morgan fingerprint density at radius 1 is 1.25 bits per heavy atom. The summed E-state index contributed by atoms with van der Waals surface area (Å²) in [7, 11) is -3.50. The number of hydrogen-bond donors (Lipinski definition) is 1. The van der Waals surface area contributed by atoms with E-state index in [1.807, 2.05) is 20.8 Å². The lowest BCUT2D eigenvalue weighted by molar-refractivity contribution is 0.338. The van der Waals surface area contributed by atoms with Crippen LogP contribution in [0.4, 0.5) is 5.69 Å². The predicted octanol–water partition coefficient (Wildman–Crippen LogP) is 2.98. The first-order valence-electron chi connectivity index (χ1n) is 6.58. The van der Waals surface area contributed by atoms with Gasteiger partial charge in [-0.3, -0.25) is 4.72 Å². The van der Waals surface area contributed by atoms with Crippen LogP contribution in [0.3, 0.4) is 0 Å². The Balaban J connectivity index is 2.98. The zero-order chi connectivity index (χ0) is 15.2. The standard InChI is InChI=1S/C13H21BrN2O3S/c1-4-16(5-2)20(17,18)15-12-7-8-13(19-6-3)11(9-12)10-14/h7-9,15H,4-6,10H2,1-3H3. The van der Waals surface area contributed by atoms with Crippen LogP contribution in [0.5, 0.6) is 5.75 Å². The number of ether oxygens (including phenoxy) is 1. The van der Waals surface area contributed by atoms with Crippen LogP contribution < -0.4 is 9.46 Å². The summed E-state index contributed by atoms with van der Waals surface area (Å²) < 4.78 is 33.7. The lowest BCUT2D eigenvalue weighted by Crippen LogP contribution is -2.35. The first-order chi connectivity index (χ1) is 9.48. The minimum atomic E-state index is -3.50. The molecule has 0 aromatic heterocycles. The highest BCUT2D eigenvalue weighted by molar-refractivity contribution is 9.08. The van der Waals surface area contributed by atoms with Gasteiger partial charge in [-0.05, 0) is 25.1 Å². The highest BCUT2D eigenvalue weighted by atomic mass is 79.9. The number of hydrogen-bond acceptors (Lipinski definition) is 3. The van der Waals surface area contributed by atoms with Gasteiger partial charge in [-0.1, -0.05) is 29.8 Å². The molecule has 7 heteroatoms. The molecule has 0 amide bonds. The van der Waals surface area contributed by atoms with E-state index in [-0.39, 0.29) is 0 Å². The van der Waals surface area contributed by atoms with Crippen molar-refractivity contribution in [1.82, 2.24) is 4.31 Å². The van der Waals surface area contributed by atoms with Crippen LogP contribution in [-0.2, 0) is 15.5 Å². The van der Waals surface area contributed by atoms with Gasteiger partial charge in [0.2, 0.25) is 0 Å². The van der Waals surface area contributed by atoms with Gasteiger partial charge in [-0.2, -0.15) is 12.7 Å². The molecule has 0 saturated carbocycles. The van der Waals surface area contributed by atoms with E-state index < -0.39 is 10.2 Å². The topological polar surface area (TPSA) is 58.6 Å². The number of alkyl halides is 1. The van der Waals surface area contributed by atoms with Crippen molar-refractivity contribution in [1.29, 1.82) is 0 Å². The van der Waals surface area contributed by atoms with Crippen LogP contribution in [0.15, 0.2) is 18.2 Å².